The SMILES string of the molecule is C[C@H]1[C@@H](c2cc(C(F)(F)F)cc(C(F)(F)F)c2)OC(=O)N1CC1=C(B2OC(C)(C)C(C)(C)O2)CCC(C)(C)C1. The van der Waals surface area contributed by atoms with Crippen molar-refractivity contribution in [3.63, 3.8) is 0 Å². The van der Waals surface area contributed by atoms with E-state index in [0.29, 0.717) is 25.0 Å². The van der Waals surface area contributed by atoms with Gasteiger partial charge in [0.15, 0.2) is 0 Å². The molecular formula is C27H34BF6NO4. The Bertz CT molecular complexity index is 1130. The molecule has 1 aliphatic carbocycles. The molecule has 2 aliphatic heterocycles. The molecule has 0 bridgehead atoms. The average Bonchev–Trinajstić information content (AvgIpc) is 3.16. The minimum Gasteiger partial charge on any atom is -0.439 e. The molecule has 1 aromatic rings. The molecule has 216 valence electrons. The molecule has 0 unspecified atom stereocenters. The zero-order valence-corrected chi connectivity index (χ0v) is 23.1. The van der Waals surface area contributed by atoms with Crippen LogP contribution in [0.3, 0.4) is 0 Å². The Morgan fingerprint density at radius 3 is 1.92 bits per heavy atom. The van der Waals surface area contributed by atoms with Crippen molar-refractivity contribution in [3.05, 3.63) is 45.9 Å². The van der Waals surface area contributed by atoms with Crippen molar-refractivity contribution in [2.75, 3.05) is 6.54 Å². The van der Waals surface area contributed by atoms with Crippen molar-refractivity contribution < 1.29 is 45.2 Å². The maximum Gasteiger partial charge on any atom is 0.490 e. The van der Waals surface area contributed by atoms with Crippen LogP contribution in [-0.4, -0.2) is 41.9 Å². The number of halogens is 6. The molecule has 0 saturated carbocycles. The zero-order valence-electron chi connectivity index (χ0n) is 23.1. The Morgan fingerprint density at radius 1 is 0.923 bits per heavy atom. The smallest absolute Gasteiger partial charge is 0.439 e. The quantitative estimate of drug-likeness (QED) is 0.279. The summed E-state index contributed by atoms with van der Waals surface area (Å²) in [5.41, 5.74) is -2.69. The molecule has 0 spiro atoms. The number of hydrogen-bond donors (Lipinski definition) is 0. The number of carbonyl (C=O) groups excluding carboxylic acids is 1. The van der Waals surface area contributed by atoms with Gasteiger partial charge in [0.25, 0.3) is 0 Å². The highest BCUT2D eigenvalue weighted by atomic mass is 19.4. The Morgan fingerprint density at radius 2 is 1.44 bits per heavy atom. The molecule has 0 N–H and O–H groups in total. The average molecular weight is 561 g/mol. The van der Waals surface area contributed by atoms with Crippen LogP contribution >= 0.6 is 0 Å². The van der Waals surface area contributed by atoms with Gasteiger partial charge < -0.3 is 14.0 Å². The molecule has 2 fully saturated rings. The van der Waals surface area contributed by atoms with Crippen LogP contribution in [0.5, 0.6) is 0 Å². The van der Waals surface area contributed by atoms with E-state index in [1.54, 1.807) is 6.92 Å². The van der Waals surface area contributed by atoms with Gasteiger partial charge in [-0.15, -0.1) is 0 Å². The van der Waals surface area contributed by atoms with Crippen molar-refractivity contribution in [1.82, 2.24) is 4.90 Å². The third-order valence-corrected chi connectivity index (χ3v) is 8.45. The maximum atomic E-state index is 13.4. The second-order valence-electron chi connectivity index (χ2n) is 12.6. The molecule has 12 heteroatoms. The lowest BCUT2D eigenvalue weighted by Crippen LogP contribution is -2.41. The molecule has 5 nitrogen and oxygen atoms in total. The molecule has 2 saturated heterocycles. The van der Waals surface area contributed by atoms with Gasteiger partial charge in [-0.2, -0.15) is 26.3 Å². The topological polar surface area (TPSA) is 48.0 Å². The minimum atomic E-state index is -5.00. The normalized spacial score (nSPS) is 26.8. The van der Waals surface area contributed by atoms with Gasteiger partial charge in [-0.05, 0) is 88.5 Å². The summed E-state index contributed by atoms with van der Waals surface area (Å²) in [5.74, 6) is 0. The minimum absolute atomic E-state index is 0.0640. The van der Waals surface area contributed by atoms with Crippen molar-refractivity contribution in [3.8, 4) is 0 Å². The van der Waals surface area contributed by atoms with Crippen molar-refractivity contribution in [2.24, 2.45) is 5.41 Å². The van der Waals surface area contributed by atoms with Crippen LogP contribution in [0.4, 0.5) is 31.1 Å². The standard InChI is InChI=1S/C27H34BF6NO4/c1-15-21(16-10-18(26(29,30)31)12-19(11-16)27(32,33)34)37-22(36)35(15)14-17-13-23(2,3)9-8-20(17)28-38-24(4,5)25(6,7)39-28/h10-12,15,21H,8-9,13-14H2,1-7H3/t15-,21-/m0/s1. The third kappa shape index (κ3) is 5.82. The first kappa shape index (κ1) is 29.8. The molecular weight excluding hydrogens is 527 g/mol. The van der Waals surface area contributed by atoms with E-state index in [0.717, 1.165) is 17.5 Å². The first-order chi connectivity index (χ1) is 17.6. The van der Waals surface area contributed by atoms with E-state index in [1.807, 2.05) is 27.7 Å². The number of amides is 1. The fourth-order valence-corrected chi connectivity index (χ4v) is 5.37. The van der Waals surface area contributed by atoms with Crippen LogP contribution in [0.1, 0.15) is 90.5 Å². The van der Waals surface area contributed by atoms with Gasteiger partial charge in [0.1, 0.15) is 6.10 Å². The Hall–Kier alpha value is -2.21. The number of ether oxygens (including phenoxy) is 1. The van der Waals surface area contributed by atoms with Crippen LogP contribution in [0.2, 0.25) is 0 Å². The second kappa shape index (κ2) is 9.43. The van der Waals surface area contributed by atoms with Gasteiger partial charge in [-0.3, -0.25) is 4.90 Å². The number of alkyl halides is 6. The number of carbonyl (C=O) groups is 1. The van der Waals surface area contributed by atoms with Crippen LogP contribution in [0.25, 0.3) is 0 Å². The molecule has 0 aromatic heterocycles. The molecule has 0 radical (unpaired) electrons. The highest BCUT2D eigenvalue weighted by Gasteiger charge is 2.54. The van der Waals surface area contributed by atoms with Crippen LogP contribution in [-0.2, 0) is 26.4 Å². The summed E-state index contributed by atoms with van der Waals surface area (Å²) in [5, 5.41) is 0. The van der Waals surface area contributed by atoms with E-state index in [1.165, 1.54) is 4.90 Å². The Labute approximate surface area is 225 Å². The summed E-state index contributed by atoms with van der Waals surface area (Å²) in [6.07, 6.45) is -9.96. The van der Waals surface area contributed by atoms with E-state index in [-0.39, 0.29) is 23.6 Å². The Balaban J connectivity index is 1.67. The number of cyclic esters (lactones) is 1. The van der Waals surface area contributed by atoms with E-state index >= 15 is 0 Å². The van der Waals surface area contributed by atoms with Gasteiger partial charge in [0.2, 0.25) is 0 Å². The first-order valence-corrected chi connectivity index (χ1v) is 12.9. The van der Waals surface area contributed by atoms with Crippen LogP contribution < -0.4 is 0 Å². The lowest BCUT2D eigenvalue weighted by molar-refractivity contribution is -0.143. The molecule has 2 atom stereocenters. The molecule has 2 heterocycles. The second-order valence-corrected chi connectivity index (χ2v) is 12.6. The van der Waals surface area contributed by atoms with E-state index < -0.39 is 60.0 Å². The van der Waals surface area contributed by atoms with E-state index in [9.17, 15) is 31.1 Å². The van der Waals surface area contributed by atoms with Gasteiger partial charge in [0, 0.05) is 6.54 Å². The summed E-state index contributed by atoms with van der Waals surface area (Å²) in [7, 11) is -0.622. The summed E-state index contributed by atoms with van der Waals surface area (Å²) < 4.78 is 98.6. The number of hydrogen-bond acceptors (Lipinski definition) is 4. The van der Waals surface area contributed by atoms with Crippen molar-refractivity contribution >= 4 is 13.2 Å². The maximum absolute atomic E-state index is 13.4. The molecule has 39 heavy (non-hydrogen) atoms. The number of allylic oxidation sites excluding steroid dienone is 1. The number of nitrogens with zero attached hydrogens (tertiary/aromatic N) is 1. The van der Waals surface area contributed by atoms with Gasteiger partial charge in [-0.25, -0.2) is 4.79 Å². The third-order valence-electron chi connectivity index (χ3n) is 8.45. The monoisotopic (exact) mass is 561 g/mol. The number of benzene rings is 1. The number of rotatable bonds is 4. The summed E-state index contributed by atoms with van der Waals surface area (Å²) in [4.78, 5) is 14.3. The molecule has 1 aromatic carbocycles. The lowest BCUT2D eigenvalue weighted by atomic mass is 9.63. The summed E-state index contributed by atoms with van der Waals surface area (Å²) in [6.45, 7) is 13.6. The predicted molar refractivity (Wildman–Crippen MR) is 133 cm³/mol. The highest BCUT2D eigenvalue weighted by molar-refractivity contribution is 6.54. The molecule has 4 rings (SSSR count). The van der Waals surface area contributed by atoms with Crippen LogP contribution in [0, 0.1) is 5.41 Å². The Kier molecular flexibility index (Phi) is 7.20. The van der Waals surface area contributed by atoms with E-state index in [4.69, 9.17) is 14.0 Å². The molecule has 1 amide bonds. The summed E-state index contributed by atoms with van der Waals surface area (Å²) >= 11 is 0. The fourth-order valence-electron chi connectivity index (χ4n) is 5.37. The lowest BCUT2D eigenvalue weighted by Gasteiger charge is -2.36. The predicted octanol–water partition coefficient (Wildman–Crippen LogP) is 7.74. The van der Waals surface area contributed by atoms with Gasteiger partial charge in [0.05, 0.1) is 28.4 Å². The molecule has 3 aliphatic rings. The highest BCUT2D eigenvalue weighted by Crippen LogP contribution is 2.46. The fraction of sp³-hybridized carbons (Fsp3) is 0.667. The largest absolute Gasteiger partial charge is 0.490 e. The van der Waals surface area contributed by atoms with E-state index in [2.05, 4.69) is 13.8 Å². The summed E-state index contributed by atoms with van der Waals surface area (Å²) in [6, 6.07) is 0.478. The van der Waals surface area contributed by atoms with Crippen molar-refractivity contribution in [2.45, 2.75) is 103 Å². The van der Waals surface area contributed by atoms with Gasteiger partial charge in [-0.1, -0.05) is 19.4 Å². The zero-order chi connectivity index (χ0) is 29.3. The van der Waals surface area contributed by atoms with Crippen molar-refractivity contribution in [1.29, 1.82) is 0 Å². The first-order valence-electron chi connectivity index (χ1n) is 12.9. The van der Waals surface area contributed by atoms with Crippen LogP contribution in [0.15, 0.2) is 29.2 Å². The van der Waals surface area contributed by atoms with Gasteiger partial charge >= 0.3 is 25.6 Å².